The highest BCUT2D eigenvalue weighted by Crippen LogP contribution is 2.14. The molecule has 0 saturated carbocycles. The van der Waals surface area contributed by atoms with E-state index in [0.29, 0.717) is 10.9 Å². The summed E-state index contributed by atoms with van der Waals surface area (Å²) >= 11 is 0. The maximum atomic E-state index is 12.0. The van der Waals surface area contributed by atoms with Crippen LogP contribution in [-0.2, 0) is 19.7 Å². The Hall–Kier alpha value is -1.40. The van der Waals surface area contributed by atoms with Crippen molar-refractivity contribution < 1.29 is 18.0 Å². The average Bonchev–Trinajstić information content (AvgIpc) is 2.40. The number of hydrogen-bond acceptors (Lipinski definition) is 4. The van der Waals surface area contributed by atoms with Crippen LogP contribution >= 0.6 is 0 Å². The van der Waals surface area contributed by atoms with Crippen LogP contribution in [-0.4, -0.2) is 25.9 Å². The fraction of sp³-hybridized carbons (Fsp3) is 0.462. The number of nitrogens with zero attached hydrogens (tertiary/aromatic N) is 1. The molecule has 0 aliphatic rings. The van der Waals surface area contributed by atoms with Crippen molar-refractivity contribution in [2.45, 2.75) is 37.5 Å². The van der Waals surface area contributed by atoms with E-state index in [4.69, 9.17) is 4.84 Å². The van der Waals surface area contributed by atoms with E-state index < -0.39 is 16.0 Å². The minimum atomic E-state index is -3.77. The van der Waals surface area contributed by atoms with Crippen molar-refractivity contribution >= 4 is 16.0 Å². The van der Waals surface area contributed by atoms with Gasteiger partial charge in [0.15, 0.2) is 0 Å². The van der Waals surface area contributed by atoms with Gasteiger partial charge in [-0.25, -0.2) is 8.42 Å². The van der Waals surface area contributed by atoms with Gasteiger partial charge >= 0.3 is 5.97 Å². The topological polar surface area (TPSA) is 63.7 Å². The van der Waals surface area contributed by atoms with E-state index in [1.54, 1.807) is 18.2 Å². The van der Waals surface area contributed by atoms with Crippen LogP contribution in [0.2, 0.25) is 0 Å². The SMILES string of the molecule is CCCCCC(=O)ON(C)S(=O)(=O)c1ccccc1. The lowest BCUT2D eigenvalue weighted by Gasteiger charge is -2.16. The van der Waals surface area contributed by atoms with E-state index in [-0.39, 0.29) is 11.3 Å². The van der Waals surface area contributed by atoms with E-state index in [0.717, 1.165) is 12.8 Å². The van der Waals surface area contributed by atoms with Crippen LogP contribution in [0.4, 0.5) is 0 Å². The monoisotopic (exact) mass is 285 g/mol. The summed E-state index contributed by atoms with van der Waals surface area (Å²) in [7, 11) is -2.55. The number of hydroxylamine groups is 1. The molecule has 0 saturated heterocycles. The number of carbonyl (C=O) groups excluding carboxylic acids is 1. The second-order valence-electron chi connectivity index (χ2n) is 4.15. The number of hydrogen-bond donors (Lipinski definition) is 0. The van der Waals surface area contributed by atoms with Gasteiger partial charge in [0, 0.05) is 13.5 Å². The average molecular weight is 285 g/mol. The zero-order valence-corrected chi connectivity index (χ0v) is 12.0. The molecule has 0 aromatic heterocycles. The fourth-order valence-corrected chi connectivity index (χ4v) is 2.48. The first-order valence-electron chi connectivity index (χ1n) is 6.23. The predicted octanol–water partition coefficient (Wildman–Crippen LogP) is 2.35. The number of sulfonamides is 1. The molecule has 0 aliphatic carbocycles. The molecule has 0 amide bonds. The minimum absolute atomic E-state index is 0.0962. The number of rotatable bonds is 7. The van der Waals surface area contributed by atoms with Gasteiger partial charge in [0.1, 0.15) is 0 Å². The van der Waals surface area contributed by atoms with Crippen molar-refractivity contribution in [1.82, 2.24) is 4.47 Å². The second-order valence-corrected chi connectivity index (χ2v) is 6.08. The van der Waals surface area contributed by atoms with E-state index in [2.05, 4.69) is 0 Å². The standard InChI is InChI=1S/C13H19NO4S/c1-3-4-6-11-13(15)18-14(2)19(16,17)12-9-7-5-8-10-12/h5,7-10H,3-4,6,11H2,1-2H3. The Kier molecular flexibility index (Phi) is 5.98. The molecule has 0 radical (unpaired) electrons. The molecule has 6 heteroatoms. The van der Waals surface area contributed by atoms with Crippen LogP contribution in [0, 0.1) is 0 Å². The minimum Gasteiger partial charge on any atom is -0.353 e. The van der Waals surface area contributed by atoms with Gasteiger partial charge in [0.05, 0.1) is 4.90 Å². The number of carbonyl (C=O) groups is 1. The van der Waals surface area contributed by atoms with E-state index in [9.17, 15) is 13.2 Å². The summed E-state index contributed by atoms with van der Waals surface area (Å²) in [6.45, 7) is 2.03. The van der Waals surface area contributed by atoms with Crippen molar-refractivity contribution in [3.05, 3.63) is 30.3 Å². The van der Waals surface area contributed by atoms with Gasteiger partial charge < -0.3 is 4.84 Å². The molecule has 0 N–H and O–H groups in total. The molecule has 0 heterocycles. The molecular formula is C13H19NO4S. The zero-order chi connectivity index (χ0) is 14.3. The van der Waals surface area contributed by atoms with Crippen LogP contribution in [0.5, 0.6) is 0 Å². The third kappa shape index (κ3) is 4.65. The Labute approximate surface area is 114 Å². The van der Waals surface area contributed by atoms with Gasteiger partial charge in [-0.2, -0.15) is 0 Å². The Balaban J connectivity index is 2.62. The molecule has 19 heavy (non-hydrogen) atoms. The highest BCUT2D eigenvalue weighted by Gasteiger charge is 2.23. The van der Waals surface area contributed by atoms with Gasteiger partial charge in [0.2, 0.25) is 0 Å². The van der Waals surface area contributed by atoms with Gasteiger partial charge in [-0.1, -0.05) is 38.0 Å². The Morgan fingerprint density at radius 2 is 1.84 bits per heavy atom. The van der Waals surface area contributed by atoms with Crippen LogP contribution in [0.1, 0.15) is 32.6 Å². The van der Waals surface area contributed by atoms with Gasteiger partial charge in [-0.15, -0.1) is 0 Å². The largest absolute Gasteiger partial charge is 0.353 e. The zero-order valence-electron chi connectivity index (χ0n) is 11.2. The molecule has 0 aliphatic heterocycles. The molecule has 0 bridgehead atoms. The number of benzene rings is 1. The van der Waals surface area contributed by atoms with Crippen LogP contribution in [0.15, 0.2) is 35.2 Å². The quantitative estimate of drug-likeness (QED) is 0.570. The lowest BCUT2D eigenvalue weighted by molar-refractivity contribution is -0.166. The Morgan fingerprint density at radius 3 is 2.42 bits per heavy atom. The van der Waals surface area contributed by atoms with Crippen molar-refractivity contribution in [2.75, 3.05) is 7.05 Å². The molecule has 0 fully saturated rings. The first-order valence-corrected chi connectivity index (χ1v) is 7.67. The van der Waals surface area contributed by atoms with Crippen molar-refractivity contribution in [3.63, 3.8) is 0 Å². The maximum Gasteiger partial charge on any atom is 0.326 e. The van der Waals surface area contributed by atoms with Crippen LogP contribution in [0.25, 0.3) is 0 Å². The maximum absolute atomic E-state index is 12.0. The second kappa shape index (κ2) is 7.25. The molecule has 0 unspecified atom stereocenters. The molecule has 106 valence electrons. The molecule has 0 atom stereocenters. The van der Waals surface area contributed by atoms with Gasteiger partial charge in [0.25, 0.3) is 10.0 Å². The van der Waals surface area contributed by atoms with Crippen molar-refractivity contribution in [1.29, 1.82) is 0 Å². The molecule has 1 aromatic carbocycles. The molecule has 5 nitrogen and oxygen atoms in total. The summed E-state index contributed by atoms with van der Waals surface area (Å²) in [5.41, 5.74) is 0. The summed E-state index contributed by atoms with van der Waals surface area (Å²) in [6.07, 6.45) is 2.84. The first-order chi connectivity index (χ1) is 8.98. The Morgan fingerprint density at radius 1 is 1.21 bits per heavy atom. The summed E-state index contributed by atoms with van der Waals surface area (Å²) < 4.78 is 24.7. The van der Waals surface area contributed by atoms with Gasteiger partial charge in [-0.05, 0) is 23.0 Å². The third-order valence-corrected chi connectivity index (χ3v) is 4.21. The number of unbranched alkanes of at least 4 members (excludes halogenated alkanes) is 2. The first kappa shape index (κ1) is 15.7. The van der Waals surface area contributed by atoms with Gasteiger partial charge in [-0.3, -0.25) is 4.79 Å². The fourth-order valence-electron chi connectivity index (χ4n) is 1.50. The normalized spacial score (nSPS) is 11.5. The lowest BCUT2D eigenvalue weighted by Crippen LogP contribution is -2.29. The van der Waals surface area contributed by atoms with Crippen LogP contribution in [0.3, 0.4) is 0 Å². The highest BCUT2D eigenvalue weighted by molar-refractivity contribution is 7.89. The van der Waals surface area contributed by atoms with E-state index >= 15 is 0 Å². The summed E-state index contributed by atoms with van der Waals surface area (Å²) in [5.74, 6) is -0.532. The molecule has 0 spiro atoms. The predicted molar refractivity (Wildman–Crippen MR) is 71.6 cm³/mol. The lowest BCUT2D eigenvalue weighted by atomic mass is 10.2. The molecule has 1 aromatic rings. The van der Waals surface area contributed by atoms with Crippen LogP contribution < -0.4 is 0 Å². The Bertz CT molecular complexity index is 499. The van der Waals surface area contributed by atoms with Crippen molar-refractivity contribution in [2.24, 2.45) is 0 Å². The van der Waals surface area contributed by atoms with E-state index in [1.807, 2.05) is 6.92 Å². The summed E-state index contributed by atoms with van der Waals surface area (Å²) in [4.78, 5) is 16.4. The summed E-state index contributed by atoms with van der Waals surface area (Å²) in [5, 5.41) is 0. The third-order valence-electron chi connectivity index (χ3n) is 2.59. The summed E-state index contributed by atoms with van der Waals surface area (Å²) in [6, 6.07) is 7.86. The highest BCUT2D eigenvalue weighted by atomic mass is 32.2. The van der Waals surface area contributed by atoms with E-state index in [1.165, 1.54) is 19.2 Å². The molecular weight excluding hydrogens is 266 g/mol. The smallest absolute Gasteiger partial charge is 0.326 e. The molecule has 1 rings (SSSR count). The van der Waals surface area contributed by atoms with Crippen molar-refractivity contribution in [3.8, 4) is 0 Å².